The van der Waals surface area contributed by atoms with E-state index in [1.54, 1.807) is 7.05 Å². The van der Waals surface area contributed by atoms with Gasteiger partial charge in [0.05, 0.1) is 6.54 Å². The van der Waals surface area contributed by atoms with Crippen LogP contribution in [0.3, 0.4) is 0 Å². The number of rotatable bonds is 6. The summed E-state index contributed by atoms with van der Waals surface area (Å²) in [6.07, 6.45) is 0. The van der Waals surface area contributed by atoms with Crippen LogP contribution in [-0.4, -0.2) is 25.4 Å². The zero-order chi connectivity index (χ0) is 14.3. The second-order valence-electron chi connectivity index (χ2n) is 4.65. The van der Waals surface area contributed by atoms with Crippen molar-refractivity contribution in [3.63, 3.8) is 0 Å². The van der Waals surface area contributed by atoms with Crippen LogP contribution in [0.4, 0.5) is 5.69 Å². The molecule has 1 rings (SSSR count). The van der Waals surface area contributed by atoms with Crippen LogP contribution >= 0.6 is 12.4 Å². The first-order chi connectivity index (χ1) is 9.02. The first-order valence-corrected chi connectivity index (χ1v) is 6.34. The molecule has 6 heteroatoms. The van der Waals surface area contributed by atoms with Crippen molar-refractivity contribution in [1.82, 2.24) is 10.6 Å². The lowest BCUT2D eigenvalue weighted by Crippen LogP contribution is -2.31. The number of amides is 2. The van der Waals surface area contributed by atoms with Gasteiger partial charge in [-0.1, -0.05) is 26.0 Å². The normalized spacial score (nSPS) is 9.80. The lowest BCUT2D eigenvalue weighted by atomic mass is 10.1. The number of carbonyl (C=O) groups excluding carboxylic acids is 2. The van der Waals surface area contributed by atoms with Crippen molar-refractivity contribution < 1.29 is 9.59 Å². The molecule has 1 aromatic rings. The highest BCUT2D eigenvalue weighted by molar-refractivity contribution is 5.92. The van der Waals surface area contributed by atoms with Crippen LogP contribution < -0.4 is 16.0 Å². The topological polar surface area (TPSA) is 70.2 Å². The Balaban J connectivity index is 0.00000361. The Labute approximate surface area is 125 Å². The Morgan fingerprint density at radius 3 is 2.25 bits per heavy atom. The van der Waals surface area contributed by atoms with E-state index in [0.717, 1.165) is 11.3 Å². The summed E-state index contributed by atoms with van der Waals surface area (Å²) in [7, 11) is 1.73. The van der Waals surface area contributed by atoms with Crippen LogP contribution in [0, 0.1) is 5.92 Å². The van der Waals surface area contributed by atoms with Crippen LogP contribution in [0.5, 0.6) is 0 Å². The third-order valence-electron chi connectivity index (χ3n) is 2.57. The van der Waals surface area contributed by atoms with E-state index in [1.165, 1.54) is 0 Å². The van der Waals surface area contributed by atoms with E-state index in [2.05, 4.69) is 16.0 Å². The molecule has 0 aliphatic rings. The van der Waals surface area contributed by atoms with Gasteiger partial charge in [-0.2, -0.15) is 0 Å². The van der Waals surface area contributed by atoms with Gasteiger partial charge in [-0.15, -0.1) is 12.4 Å². The third kappa shape index (κ3) is 6.54. The summed E-state index contributed by atoms with van der Waals surface area (Å²) in [6, 6.07) is 7.44. The van der Waals surface area contributed by atoms with Crippen molar-refractivity contribution in [2.75, 3.05) is 18.9 Å². The summed E-state index contributed by atoms with van der Waals surface area (Å²) in [5, 5.41) is 8.39. The molecule has 0 aliphatic carbocycles. The SMILES string of the molecule is CNCC(=O)NCc1ccc(NC(=O)C(C)C)cc1.Cl. The predicted octanol–water partition coefficient (Wildman–Crippen LogP) is 1.54. The minimum atomic E-state index is -0.0420. The number of hydrogen-bond donors (Lipinski definition) is 3. The number of halogens is 1. The van der Waals surface area contributed by atoms with Gasteiger partial charge in [0, 0.05) is 18.2 Å². The number of hydrogen-bond acceptors (Lipinski definition) is 3. The van der Waals surface area contributed by atoms with Crippen molar-refractivity contribution in [3.05, 3.63) is 29.8 Å². The van der Waals surface area contributed by atoms with E-state index < -0.39 is 0 Å². The molecule has 0 saturated heterocycles. The van der Waals surface area contributed by atoms with Crippen LogP contribution in [0.15, 0.2) is 24.3 Å². The zero-order valence-corrected chi connectivity index (χ0v) is 12.8. The lowest BCUT2D eigenvalue weighted by Gasteiger charge is -2.09. The summed E-state index contributed by atoms with van der Waals surface area (Å²) in [4.78, 5) is 22.8. The number of benzene rings is 1. The van der Waals surface area contributed by atoms with Gasteiger partial charge in [-0.25, -0.2) is 0 Å². The first kappa shape index (κ1) is 18.4. The quantitative estimate of drug-likeness (QED) is 0.746. The molecule has 3 N–H and O–H groups in total. The summed E-state index contributed by atoms with van der Waals surface area (Å²) in [6.45, 7) is 4.49. The van der Waals surface area contributed by atoms with Crippen LogP contribution in [0.25, 0.3) is 0 Å². The molecule has 0 heterocycles. The molecule has 0 aromatic heterocycles. The largest absolute Gasteiger partial charge is 0.351 e. The maximum atomic E-state index is 11.5. The van der Waals surface area contributed by atoms with Gasteiger partial charge in [0.2, 0.25) is 11.8 Å². The smallest absolute Gasteiger partial charge is 0.234 e. The van der Waals surface area contributed by atoms with Gasteiger partial charge in [0.15, 0.2) is 0 Å². The molecule has 0 atom stereocenters. The second kappa shape index (κ2) is 9.34. The first-order valence-electron chi connectivity index (χ1n) is 6.34. The summed E-state index contributed by atoms with van der Waals surface area (Å²) in [5.41, 5.74) is 1.76. The van der Waals surface area contributed by atoms with Gasteiger partial charge in [-0.3, -0.25) is 9.59 Å². The average Bonchev–Trinajstić information content (AvgIpc) is 2.38. The highest BCUT2D eigenvalue weighted by Gasteiger charge is 2.06. The van der Waals surface area contributed by atoms with Gasteiger partial charge < -0.3 is 16.0 Å². The Morgan fingerprint density at radius 2 is 1.75 bits per heavy atom. The maximum absolute atomic E-state index is 11.5. The van der Waals surface area contributed by atoms with Crippen molar-refractivity contribution in [2.24, 2.45) is 5.92 Å². The Hall–Kier alpha value is -1.59. The van der Waals surface area contributed by atoms with Crippen LogP contribution in [0.1, 0.15) is 19.4 Å². The van der Waals surface area contributed by atoms with Crippen LogP contribution in [0.2, 0.25) is 0 Å². The van der Waals surface area contributed by atoms with Gasteiger partial charge >= 0.3 is 0 Å². The van der Waals surface area contributed by atoms with E-state index in [-0.39, 0.29) is 30.1 Å². The van der Waals surface area contributed by atoms with Crippen molar-refractivity contribution in [3.8, 4) is 0 Å². The number of nitrogens with one attached hydrogen (secondary N) is 3. The van der Waals surface area contributed by atoms with E-state index >= 15 is 0 Å². The molecule has 0 unspecified atom stereocenters. The molecule has 0 saturated carbocycles. The Kier molecular flexibility index (Phi) is 8.59. The second-order valence-corrected chi connectivity index (χ2v) is 4.65. The predicted molar refractivity (Wildman–Crippen MR) is 82.9 cm³/mol. The molecule has 0 fully saturated rings. The number of carbonyl (C=O) groups is 2. The molecule has 5 nitrogen and oxygen atoms in total. The van der Waals surface area contributed by atoms with Gasteiger partial charge in [0.1, 0.15) is 0 Å². The molecular weight excluding hydrogens is 278 g/mol. The molecule has 0 aliphatic heterocycles. The van der Waals surface area contributed by atoms with Crippen molar-refractivity contribution >= 4 is 29.9 Å². The van der Waals surface area contributed by atoms with E-state index in [1.807, 2.05) is 38.1 Å². The minimum Gasteiger partial charge on any atom is -0.351 e. The molecule has 0 spiro atoms. The fourth-order valence-corrected chi connectivity index (χ4v) is 1.42. The van der Waals surface area contributed by atoms with Crippen molar-refractivity contribution in [2.45, 2.75) is 20.4 Å². The molecule has 0 bridgehead atoms. The summed E-state index contributed by atoms with van der Waals surface area (Å²) < 4.78 is 0. The average molecular weight is 300 g/mol. The van der Waals surface area contributed by atoms with Gasteiger partial charge in [-0.05, 0) is 24.7 Å². The molecule has 20 heavy (non-hydrogen) atoms. The molecule has 2 amide bonds. The van der Waals surface area contributed by atoms with E-state index in [9.17, 15) is 9.59 Å². The zero-order valence-electron chi connectivity index (χ0n) is 12.0. The van der Waals surface area contributed by atoms with Gasteiger partial charge in [0.25, 0.3) is 0 Å². The van der Waals surface area contributed by atoms with Crippen molar-refractivity contribution in [1.29, 1.82) is 0 Å². The fourth-order valence-electron chi connectivity index (χ4n) is 1.42. The van der Waals surface area contributed by atoms with E-state index in [4.69, 9.17) is 0 Å². The van der Waals surface area contributed by atoms with E-state index in [0.29, 0.717) is 13.1 Å². The molecular formula is C14H22ClN3O2. The van der Waals surface area contributed by atoms with Crippen LogP contribution in [-0.2, 0) is 16.1 Å². The Bertz CT molecular complexity index is 433. The minimum absolute atomic E-state index is 0. The molecule has 0 radical (unpaired) electrons. The summed E-state index contributed by atoms with van der Waals surface area (Å²) in [5.74, 6) is -0.0877. The molecule has 1 aromatic carbocycles. The summed E-state index contributed by atoms with van der Waals surface area (Å²) >= 11 is 0. The fraction of sp³-hybridized carbons (Fsp3) is 0.429. The third-order valence-corrected chi connectivity index (χ3v) is 2.57. The highest BCUT2D eigenvalue weighted by Crippen LogP contribution is 2.10. The number of likely N-dealkylation sites (N-methyl/N-ethyl adjacent to an activating group) is 1. The standard InChI is InChI=1S/C14H21N3O2.ClH/c1-10(2)14(19)17-12-6-4-11(5-7-12)8-16-13(18)9-15-3;/h4-7,10,15H,8-9H2,1-3H3,(H,16,18)(H,17,19);1H. The highest BCUT2D eigenvalue weighted by atomic mass is 35.5. The maximum Gasteiger partial charge on any atom is 0.234 e. The Morgan fingerprint density at radius 1 is 1.15 bits per heavy atom. The molecule has 112 valence electrons. The lowest BCUT2D eigenvalue weighted by molar-refractivity contribution is -0.120. The monoisotopic (exact) mass is 299 g/mol. The number of anilines is 1.